The van der Waals surface area contributed by atoms with Crippen molar-refractivity contribution in [3.8, 4) is 0 Å². The van der Waals surface area contributed by atoms with Crippen molar-refractivity contribution in [2.24, 2.45) is 5.11 Å². The summed E-state index contributed by atoms with van der Waals surface area (Å²) in [5, 5.41) is 10.2. The summed E-state index contributed by atoms with van der Waals surface area (Å²) in [5.74, 6) is -1.55. The van der Waals surface area contributed by atoms with Crippen molar-refractivity contribution in [3.05, 3.63) is 58.5 Å². The normalized spacial score (nSPS) is 12.6. The summed E-state index contributed by atoms with van der Waals surface area (Å²) in [6.45, 7) is 7.26. The van der Waals surface area contributed by atoms with Crippen LogP contribution in [0.3, 0.4) is 0 Å². The number of hydrogen-bond donors (Lipinski definition) is 3. The van der Waals surface area contributed by atoms with Crippen LogP contribution in [0.2, 0.25) is 0 Å². The monoisotopic (exact) mass is 615 g/mol. The number of unbranched alkanes of at least 4 members (excludes halogenated alkanes) is 5. The molecule has 0 spiro atoms. The van der Waals surface area contributed by atoms with Crippen LogP contribution in [0.25, 0.3) is 10.4 Å². The maximum Gasteiger partial charge on any atom is 0.408 e. The number of alkyl carbamates (subject to hydrolysis) is 1. The third-order valence-corrected chi connectivity index (χ3v) is 6.10. The zero-order chi connectivity index (χ0) is 32.8. The lowest BCUT2D eigenvalue weighted by Crippen LogP contribution is -2.51. The molecule has 0 unspecified atom stereocenters. The number of nitrogens with one attached hydrogen (secondary N) is 3. The van der Waals surface area contributed by atoms with Crippen molar-refractivity contribution >= 4 is 23.9 Å². The van der Waals surface area contributed by atoms with E-state index in [0.29, 0.717) is 0 Å². The number of carbonyl (C=O) groups is 4. The van der Waals surface area contributed by atoms with E-state index >= 15 is 0 Å². The van der Waals surface area contributed by atoms with Crippen molar-refractivity contribution < 1.29 is 28.7 Å². The molecule has 1 aromatic rings. The molecule has 0 aliphatic carbocycles. The number of nitrogens with zero attached hydrogens (tertiary/aromatic N) is 4. The first-order valence-corrected chi connectivity index (χ1v) is 15.1. The number of allylic oxidation sites excluding steroid dienone is 1. The summed E-state index contributed by atoms with van der Waals surface area (Å²) in [7, 11) is 1.52. The van der Waals surface area contributed by atoms with Crippen LogP contribution in [0.15, 0.2) is 47.6 Å². The third kappa shape index (κ3) is 19.2. The van der Waals surface area contributed by atoms with E-state index in [1.54, 1.807) is 26.8 Å². The molecule has 0 saturated heterocycles. The molecule has 2 atom stereocenters. The lowest BCUT2D eigenvalue weighted by molar-refractivity contribution is -0.147. The zero-order valence-electron chi connectivity index (χ0n) is 26.7. The molecule has 1 aromatic carbocycles. The Morgan fingerprint density at radius 2 is 1.77 bits per heavy atom. The van der Waals surface area contributed by atoms with E-state index in [1.165, 1.54) is 18.5 Å². The van der Waals surface area contributed by atoms with Crippen molar-refractivity contribution in [2.45, 2.75) is 103 Å². The highest BCUT2D eigenvalue weighted by Crippen LogP contribution is 2.09. The summed E-state index contributed by atoms with van der Waals surface area (Å²) in [4.78, 5) is 53.5. The maximum absolute atomic E-state index is 13.3. The van der Waals surface area contributed by atoms with Crippen molar-refractivity contribution in [1.82, 2.24) is 21.1 Å². The Morgan fingerprint density at radius 3 is 2.43 bits per heavy atom. The lowest BCUT2D eigenvalue weighted by atomic mass is 10.1. The van der Waals surface area contributed by atoms with E-state index in [0.717, 1.165) is 37.7 Å². The molecular formula is C31H49N7O6. The largest absolute Gasteiger partial charge is 0.460 e. The van der Waals surface area contributed by atoms with Crippen LogP contribution < -0.4 is 16.1 Å². The predicted molar refractivity (Wildman–Crippen MR) is 168 cm³/mol. The molecule has 1 rings (SSSR count). The standard InChI is InChI=1S/C31H49N7O6/c1-6-7-8-9-10-11-15-18-26(35-30(42)44-31(2,3)4)29(41)34-25(19-20-33-37-32)21-27(39)36-38(5)22-28(40)43-23-24-16-13-12-14-17-24/h12-18,25-26H,6-11,19-23H2,1-5H3,(H,34,41)(H,35,42)(H,36,39)/b18-15-/t25-,26-/m0/s1. The van der Waals surface area contributed by atoms with Gasteiger partial charge in [-0.15, -0.1) is 0 Å². The molecule has 0 radical (unpaired) electrons. The Bertz CT molecular complexity index is 1100. The number of benzene rings is 1. The first-order chi connectivity index (χ1) is 20.9. The van der Waals surface area contributed by atoms with Gasteiger partial charge in [-0.3, -0.25) is 19.8 Å². The molecule has 3 N–H and O–H groups in total. The molecule has 44 heavy (non-hydrogen) atoms. The molecule has 0 aromatic heterocycles. The number of carbonyl (C=O) groups excluding carboxylic acids is 4. The maximum atomic E-state index is 13.3. The highest BCUT2D eigenvalue weighted by Gasteiger charge is 2.25. The number of esters is 1. The molecule has 13 heteroatoms. The molecule has 3 amide bonds. The Morgan fingerprint density at radius 1 is 1.07 bits per heavy atom. The smallest absolute Gasteiger partial charge is 0.408 e. The van der Waals surface area contributed by atoms with Gasteiger partial charge in [0.25, 0.3) is 0 Å². The van der Waals surface area contributed by atoms with E-state index in [2.05, 4.69) is 33.0 Å². The van der Waals surface area contributed by atoms with Crippen LogP contribution in [0.4, 0.5) is 4.79 Å². The summed E-state index contributed by atoms with van der Waals surface area (Å²) >= 11 is 0. The predicted octanol–water partition coefficient (Wildman–Crippen LogP) is 5.08. The lowest BCUT2D eigenvalue weighted by Gasteiger charge is -2.24. The van der Waals surface area contributed by atoms with E-state index in [1.807, 2.05) is 36.4 Å². The molecule has 0 fully saturated rings. The highest BCUT2D eigenvalue weighted by atomic mass is 16.6. The fourth-order valence-corrected chi connectivity index (χ4v) is 4.01. The minimum atomic E-state index is -1.05. The SMILES string of the molecule is CCCCCCC/C=C\[C@H](NC(=O)OC(C)(C)C)C(=O)N[C@@H](CCN=[N+]=[N-])CC(=O)NN(C)CC(=O)OCc1ccccc1. The van der Waals surface area contributed by atoms with Gasteiger partial charge in [-0.1, -0.05) is 80.2 Å². The molecule has 0 saturated carbocycles. The Balaban J connectivity index is 2.80. The van der Waals surface area contributed by atoms with E-state index in [9.17, 15) is 19.2 Å². The molecule has 13 nitrogen and oxygen atoms in total. The van der Waals surface area contributed by atoms with Crippen molar-refractivity contribution in [3.63, 3.8) is 0 Å². The van der Waals surface area contributed by atoms with Gasteiger partial charge in [-0.05, 0) is 51.1 Å². The number of amides is 3. The van der Waals surface area contributed by atoms with Crippen LogP contribution in [-0.2, 0) is 30.5 Å². The first-order valence-electron chi connectivity index (χ1n) is 15.1. The molecule has 244 valence electrons. The molecule has 0 aliphatic heterocycles. The first kappa shape index (κ1) is 37.9. The van der Waals surface area contributed by atoms with Gasteiger partial charge in [0.2, 0.25) is 11.8 Å². The molecule has 0 aliphatic rings. The minimum absolute atomic E-state index is 0.0359. The van der Waals surface area contributed by atoms with Gasteiger partial charge >= 0.3 is 12.1 Å². The van der Waals surface area contributed by atoms with Gasteiger partial charge in [0.05, 0.1) is 0 Å². The summed E-state index contributed by atoms with van der Waals surface area (Å²) in [6, 6.07) is 7.44. The van der Waals surface area contributed by atoms with Crippen LogP contribution >= 0.6 is 0 Å². The van der Waals surface area contributed by atoms with Crippen molar-refractivity contribution in [2.75, 3.05) is 20.1 Å². The van der Waals surface area contributed by atoms with E-state index < -0.39 is 41.6 Å². The van der Waals surface area contributed by atoms with Crippen molar-refractivity contribution in [1.29, 1.82) is 0 Å². The fourth-order valence-electron chi connectivity index (χ4n) is 4.01. The fraction of sp³-hybridized carbons (Fsp3) is 0.613. The van der Waals surface area contributed by atoms with Gasteiger partial charge in [0, 0.05) is 31.0 Å². The summed E-state index contributed by atoms with van der Waals surface area (Å²) < 4.78 is 10.6. The van der Waals surface area contributed by atoms with Gasteiger partial charge < -0.3 is 20.1 Å². The van der Waals surface area contributed by atoms with Crippen LogP contribution in [0, 0.1) is 0 Å². The van der Waals surface area contributed by atoms with Crippen LogP contribution in [-0.4, -0.2) is 66.7 Å². The number of azide groups is 1. The Kier molecular flexibility index (Phi) is 18.6. The summed E-state index contributed by atoms with van der Waals surface area (Å²) in [6.07, 6.45) is 8.94. The average Bonchev–Trinajstić information content (AvgIpc) is 2.94. The van der Waals surface area contributed by atoms with Gasteiger partial charge in [-0.25, -0.2) is 9.80 Å². The molecule has 0 heterocycles. The molecular weight excluding hydrogens is 566 g/mol. The van der Waals surface area contributed by atoms with Crippen LogP contribution in [0.1, 0.15) is 84.6 Å². The van der Waals surface area contributed by atoms with Gasteiger partial charge in [-0.2, -0.15) is 0 Å². The Hall–Kier alpha value is -4.09. The zero-order valence-corrected chi connectivity index (χ0v) is 26.7. The topological polar surface area (TPSA) is 175 Å². The number of rotatable bonds is 20. The average molecular weight is 616 g/mol. The van der Waals surface area contributed by atoms with Gasteiger partial charge in [0.1, 0.15) is 24.8 Å². The second kappa shape index (κ2) is 21.6. The quantitative estimate of drug-likeness (QED) is 0.0349. The van der Waals surface area contributed by atoms with Gasteiger partial charge in [0.15, 0.2) is 0 Å². The minimum Gasteiger partial charge on any atom is -0.460 e. The van der Waals surface area contributed by atoms with E-state index in [-0.39, 0.29) is 32.5 Å². The number of hydrogen-bond acceptors (Lipinski definition) is 8. The van der Waals surface area contributed by atoms with E-state index in [4.69, 9.17) is 15.0 Å². The third-order valence-electron chi connectivity index (χ3n) is 6.10. The van der Waals surface area contributed by atoms with Crippen LogP contribution in [0.5, 0.6) is 0 Å². The molecule has 0 bridgehead atoms. The number of ether oxygens (including phenoxy) is 2. The summed E-state index contributed by atoms with van der Waals surface area (Å²) in [5.41, 5.74) is 11.4. The highest BCUT2D eigenvalue weighted by molar-refractivity contribution is 5.88. The second-order valence-electron chi connectivity index (χ2n) is 11.4. The Labute approximate surface area is 260 Å². The number of hydrazine groups is 1. The second-order valence-corrected chi connectivity index (χ2v) is 11.4. The number of likely N-dealkylation sites (N-methyl/N-ethyl adjacent to an activating group) is 1.